The Bertz CT molecular complexity index is 352. The van der Waals surface area contributed by atoms with Crippen LogP contribution in [0.15, 0.2) is 24.3 Å². The van der Waals surface area contributed by atoms with Gasteiger partial charge < -0.3 is 4.74 Å². The van der Waals surface area contributed by atoms with E-state index in [1.54, 1.807) is 7.11 Å². The molecule has 0 radical (unpaired) electrons. The summed E-state index contributed by atoms with van der Waals surface area (Å²) in [5, 5.41) is 0. The lowest BCUT2D eigenvalue weighted by atomic mass is 10.1. The molecule has 18 heavy (non-hydrogen) atoms. The molecule has 100 valence electrons. The van der Waals surface area contributed by atoms with Crippen LogP contribution in [0.25, 0.3) is 0 Å². The predicted molar refractivity (Wildman–Crippen MR) is 75.9 cm³/mol. The highest BCUT2D eigenvalue weighted by atomic mass is 16.5. The number of rotatable bonds is 5. The van der Waals surface area contributed by atoms with Gasteiger partial charge in [-0.2, -0.15) is 0 Å². The molecule has 2 heteroatoms. The van der Waals surface area contributed by atoms with Crippen molar-refractivity contribution in [3.05, 3.63) is 29.8 Å². The summed E-state index contributed by atoms with van der Waals surface area (Å²) >= 11 is 0. The third kappa shape index (κ3) is 3.26. The molecular formula is C16H25NO. The van der Waals surface area contributed by atoms with E-state index in [2.05, 4.69) is 43.0 Å². The summed E-state index contributed by atoms with van der Waals surface area (Å²) in [6.45, 7) is 5.68. The molecule has 0 saturated heterocycles. The lowest BCUT2D eigenvalue weighted by molar-refractivity contribution is 0.146. The standard InChI is InChI=1S/C16H25NO/c1-13(2)17(15-6-4-5-7-15)12-14-8-10-16(18-3)11-9-14/h8-11,13,15H,4-7,12H2,1-3H3. The summed E-state index contributed by atoms with van der Waals surface area (Å²) in [6.07, 6.45) is 5.54. The van der Waals surface area contributed by atoms with Crippen LogP contribution < -0.4 is 4.74 Å². The Morgan fingerprint density at radius 3 is 2.28 bits per heavy atom. The predicted octanol–water partition coefficient (Wildman–Crippen LogP) is 3.85. The second-order valence-electron chi connectivity index (χ2n) is 5.55. The molecule has 0 N–H and O–H groups in total. The van der Waals surface area contributed by atoms with Gasteiger partial charge in [0.25, 0.3) is 0 Å². The first-order chi connectivity index (χ1) is 8.70. The summed E-state index contributed by atoms with van der Waals surface area (Å²) in [4.78, 5) is 2.65. The lowest BCUT2D eigenvalue weighted by Gasteiger charge is -2.32. The van der Waals surface area contributed by atoms with E-state index in [1.165, 1.54) is 31.2 Å². The Kier molecular flexibility index (Phi) is 4.65. The highest BCUT2D eigenvalue weighted by Gasteiger charge is 2.24. The maximum Gasteiger partial charge on any atom is 0.118 e. The first-order valence-electron chi connectivity index (χ1n) is 7.09. The van der Waals surface area contributed by atoms with Gasteiger partial charge in [-0.05, 0) is 44.4 Å². The fourth-order valence-corrected chi connectivity index (χ4v) is 2.91. The Labute approximate surface area is 111 Å². The summed E-state index contributed by atoms with van der Waals surface area (Å²) < 4.78 is 5.21. The first kappa shape index (κ1) is 13.4. The normalized spacial score (nSPS) is 16.7. The highest BCUT2D eigenvalue weighted by Crippen LogP contribution is 2.27. The van der Waals surface area contributed by atoms with Gasteiger partial charge in [0.15, 0.2) is 0 Å². The molecule has 1 saturated carbocycles. The average molecular weight is 247 g/mol. The summed E-state index contributed by atoms with van der Waals surface area (Å²) in [6, 6.07) is 9.89. The summed E-state index contributed by atoms with van der Waals surface area (Å²) in [5.41, 5.74) is 1.39. The monoisotopic (exact) mass is 247 g/mol. The SMILES string of the molecule is COc1ccc(CN(C(C)C)C2CCCC2)cc1. The molecule has 2 rings (SSSR count). The molecule has 0 unspecified atom stereocenters. The van der Waals surface area contributed by atoms with Gasteiger partial charge in [0.2, 0.25) is 0 Å². The first-order valence-corrected chi connectivity index (χ1v) is 7.09. The van der Waals surface area contributed by atoms with Crippen LogP contribution in [0, 0.1) is 0 Å². The van der Waals surface area contributed by atoms with Crippen molar-refractivity contribution < 1.29 is 4.74 Å². The van der Waals surface area contributed by atoms with E-state index < -0.39 is 0 Å². The number of nitrogens with zero attached hydrogens (tertiary/aromatic N) is 1. The molecule has 1 aromatic carbocycles. The van der Waals surface area contributed by atoms with E-state index in [1.807, 2.05) is 0 Å². The summed E-state index contributed by atoms with van der Waals surface area (Å²) in [7, 11) is 1.72. The van der Waals surface area contributed by atoms with E-state index in [9.17, 15) is 0 Å². The van der Waals surface area contributed by atoms with Crippen molar-refractivity contribution in [2.45, 2.75) is 58.2 Å². The fourth-order valence-electron chi connectivity index (χ4n) is 2.91. The van der Waals surface area contributed by atoms with Crippen LogP contribution in [0.3, 0.4) is 0 Å². The lowest BCUT2D eigenvalue weighted by Crippen LogP contribution is -2.38. The van der Waals surface area contributed by atoms with E-state index in [-0.39, 0.29) is 0 Å². The molecule has 1 aliphatic carbocycles. The van der Waals surface area contributed by atoms with Crippen molar-refractivity contribution in [2.24, 2.45) is 0 Å². The maximum atomic E-state index is 5.21. The topological polar surface area (TPSA) is 12.5 Å². The van der Waals surface area contributed by atoms with Crippen molar-refractivity contribution >= 4 is 0 Å². The maximum absolute atomic E-state index is 5.21. The number of hydrogen-bond acceptors (Lipinski definition) is 2. The number of methoxy groups -OCH3 is 1. The third-order valence-electron chi connectivity index (χ3n) is 3.98. The van der Waals surface area contributed by atoms with E-state index in [0.29, 0.717) is 6.04 Å². The van der Waals surface area contributed by atoms with Crippen LogP contribution in [0.1, 0.15) is 45.1 Å². The Hall–Kier alpha value is -1.02. The minimum absolute atomic E-state index is 0.621. The highest BCUT2D eigenvalue weighted by molar-refractivity contribution is 5.27. The van der Waals surface area contributed by atoms with Gasteiger partial charge in [0.1, 0.15) is 5.75 Å². The molecule has 0 aliphatic heterocycles. The zero-order chi connectivity index (χ0) is 13.0. The molecule has 0 aromatic heterocycles. The van der Waals surface area contributed by atoms with Gasteiger partial charge in [0.05, 0.1) is 7.11 Å². The molecule has 1 aliphatic rings. The molecule has 1 aromatic rings. The number of ether oxygens (including phenoxy) is 1. The van der Waals surface area contributed by atoms with Crippen LogP contribution >= 0.6 is 0 Å². The molecule has 0 spiro atoms. The van der Waals surface area contributed by atoms with Crippen LogP contribution in [0.2, 0.25) is 0 Å². The molecule has 0 atom stereocenters. The number of hydrogen-bond donors (Lipinski definition) is 0. The van der Waals surface area contributed by atoms with Gasteiger partial charge in [-0.25, -0.2) is 0 Å². The van der Waals surface area contributed by atoms with Crippen molar-refractivity contribution in [1.82, 2.24) is 4.90 Å². The largest absolute Gasteiger partial charge is 0.497 e. The Morgan fingerprint density at radius 2 is 1.78 bits per heavy atom. The molecular weight excluding hydrogens is 222 g/mol. The molecule has 0 bridgehead atoms. The zero-order valence-electron chi connectivity index (χ0n) is 11.9. The minimum Gasteiger partial charge on any atom is -0.497 e. The van der Waals surface area contributed by atoms with Crippen molar-refractivity contribution in [2.75, 3.05) is 7.11 Å². The van der Waals surface area contributed by atoms with E-state index in [0.717, 1.165) is 18.3 Å². The zero-order valence-corrected chi connectivity index (χ0v) is 11.9. The second kappa shape index (κ2) is 6.24. The van der Waals surface area contributed by atoms with Crippen molar-refractivity contribution in [1.29, 1.82) is 0 Å². The number of benzene rings is 1. The van der Waals surface area contributed by atoms with Crippen LogP contribution in [-0.2, 0) is 6.54 Å². The quantitative estimate of drug-likeness (QED) is 0.783. The molecule has 2 nitrogen and oxygen atoms in total. The molecule has 0 amide bonds. The van der Waals surface area contributed by atoms with E-state index in [4.69, 9.17) is 4.74 Å². The molecule has 0 heterocycles. The van der Waals surface area contributed by atoms with Crippen LogP contribution in [-0.4, -0.2) is 24.1 Å². The van der Waals surface area contributed by atoms with Crippen molar-refractivity contribution in [3.8, 4) is 5.75 Å². The Morgan fingerprint density at radius 1 is 1.17 bits per heavy atom. The third-order valence-corrected chi connectivity index (χ3v) is 3.98. The average Bonchev–Trinajstić information content (AvgIpc) is 2.90. The van der Waals surface area contributed by atoms with Crippen molar-refractivity contribution in [3.63, 3.8) is 0 Å². The van der Waals surface area contributed by atoms with Gasteiger partial charge in [-0.15, -0.1) is 0 Å². The summed E-state index contributed by atoms with van der Waals surface area (Å²) in [5.74, 6) is 0.940. The van der Waals surface area contributed by atoms with E-state index >= 15 is 0 Å². The molecule has 1 fully saturated rings. The van der Waals surface area contributed by atoms with Gasteiger partial charge in [-0.1, -0.05) is 25.0 Å². The smallest absolute Gasteiger partial charge is 0.118 e. The fraction of sp³-hybridized carbons (Fsp3) is 0.625. The minimum atomic E-state index is 0.621. The second-order valence-corrected chi connectivity index (χ2v) is 5.55. The Balaban J connectivity index is 2.03. The van der Waals surface area contributed by atoms with Gasteiger partial charge in [0, 0.05) is 18.6 Å². The van der Waals surface area contributed by atoms with Gasteiger partial charge in [-0.3, -0.25) is 4.90 Å². The van der Waals surface area contributed by atoms with Crippen LogP contribution in [0.5, 0.6) is 5.75 Å². The van der Waals surface area contributed by atoms with Crippen LogP contribution in [0.4, 0.5) is 0 Å². The van der Waals surface area contributed by atoms with Gasteiger partial charge >= 0.3 is 0 Å².